The van der Waals surface area contributed by atoms with E-state index in [1.165, 1.54) is 13.2 Å². The van der Waals surface area contributed by atoms with Gasteiger partial charge in [-0.2, -0.15) is 0 Å². The third-order valence-electron chi connectivity index (χ3n) is 3.74. The molecule has 2 amide bonds. The monoisotopic (exact) mass is 292 g/mol. The molecule has 0 spiro atoms. The Morgan fingerprint density at radius 1 is 1.38 bits per heavy atom. The number of anilines is 1. The molecule has 0 aliphatic carbocycles. The maximum atomic E-state index is 12.3. The molecule has 2 N–H and O–H groups in total. The summed E-state index contributed by atoms with van der Waals surface area (Å²) in [5.41, 5.74) is 0.294. The molecule has 1 aromatic carbocycles. The van der Waals surface area contributed by atoms with E-state index in [1.54, 1.807) is 17.0 Å². The third kappa shape index (κ3) is 3.26. The lowest BCUT2D eigenvalue weighted by atomic mass is 10.1. The van der Waals surface area contributed by atoms with Crippen molar-refractivity contribution in [1.82, 2.24) is 4.90 Å². The second-order valence-corrected chi connectivity index (χ2v) is 5.49. The molecular weight excluding hydrogens is 272 g/mol. The van der Waals surface area contributed by atoms with E-state index in [0.717, 1.165) is 6.42 Å². The molecule has 1 aliphatic rings. The summed E-state index contributed by atoms with van der Waals surface area (Å²) in [7, 11) is 1.46. The van der Waals surface area contributed by atoms with Crippen LogP contribution in [-0.4, -0.2) is 41.7 Å². The van der Waals surface area contributed by atoms with Crippen molar-refractivity contribution in [3.05, 3.63) is 23.8 Å². The largest absolute Gasteiger partial charge is 0.497 e. The number of benzene rings is 1. The fraction of sp³-hybridized carbons (Fsp3) is 0.467. The molecule has 1 aliphatic heterocycles. The molecule has 0 radical (unpaired) electrons. The van der Waals surface area contributed by atoms with Crippen LogP contribution in [0, 0.1) is 5.92 Å². The number of aromatic carboxylic acids is 1. The fourth-order valence-electron chi connectivity index (χ4n) is 2.71. The Labute approximate surface area is 123 Å². The highest BCUT2D eigenvalue weighted by Crippen LogP contribution is 2.26. The van der Waals surface area contributed by atoms with E-state index in [9.17, 15) is 14.7 Å². The molecule has 2 rings (SSSR count). The summed E-state index contributed by atoms with van der Waals surface area (Å²) in [6.45, 7) is 4.78. The summed E-state index contributed by atoms with van der Waals surface area (Å²) in [6.07, 6.45) is 0.960. The SMILES string of the molecule is COc1ccc(NC(=O)N2CC(C)CC2C)c(C(=O)O)c1. The number of carbonyl (C=O) groups excluding carboxylic acids is 1. The Morgan fingerprint density at radius 2 is 2.10 bits per heavy atom. The van der Waals surface area contributed by atoms with E-state index >= 15 is 0 Å². The Balaban J connectivity index is 2.19. The molecule has 1 fully saturated rings. The summed E-state index contributed by atoms with van der Waals surface area (Å²) in [5, 5.41) is 11.9. The summed E-state index contributed by atoms with van der Waals surface area (Å²) in [4.78, 5) is 25.3. The Kier molecular flexibility index (Phi) is 4.35. The Morgan fingerprint density at radius 3 is 2.62 bits per heavy atom. The van der Waals surface area contributed by atoms with E-state index in [0.29, 0.717) is 18.2 Å². The lowest BCUT2D eigenvalue weighted by Gasteiger charge is -2.22. The van der Waals surface area contributed by atoms with Crippen molar-refractivity contribution < 1.29 is 19.4 Å². The molecule has 21 heavy (non-hydrogen) atoms. The van der Waals surface area contributed by atoms with Gasteiger partial charge in [0.2, 0.25) is 0 Å². The second kappa shape index (κ2) is 6.03. The van der Waals surface area contributed by atoms with E-state index in [1.807, 2.05) is 6.92 Å². The number of likely N-dealkylation sites (tertiary alicyclic amines) is 1. The van der Waals surface area contributed by atoms with Gasteiger partial charge in [-0.05, 0) is 37.5 Å². The molecule has 1 aromatic rings. The molecule has 0 bridgehead atoms. The van der Waals surface area contributed by atoms with E-state index in [4.69, 9.17) is 4.74 Å². The zero-order valence-corrected chi connectivity index (χ0v) is 12.4. The number of nitrogens with zero attached hydrogens (tertiary/aromatic N) is 1. The van der Waals surface area contributed by atoms with Gasteiger partial charge >= 0.3 is 12.0 Å². The van der Waals surface area contributed by atoms with Gasteiger partial charge < -0.3 is 20.1 Å². The molecule has 6 heteroatoms. The first kappa shape index (κ1) is 15.2. The summed E-state index contributed by atoms with van der Waals surface area (Å²) < 4.78 is 5.01. The number of methoxy groups -OCH3 is 1. The molecule has 0 aromatic heterocycles. The first-order chi connectivity index (χ1) is 9.92. The van der Waals surface area contributed by atoms with Gasteiger partial charge in [0.1, 0.15) is 5.75 Å². The maximum Gasteiger partial charge on any atom is 0.337 e. The molecular formula is C15H20N2O4. The topological polar surface area (TPSA) is 78.9 Å². The fourth-order valence-corrected chi connectivity index (χ4v) is 2.71. The average molecular weight is 292 g/mol. The third-order valence-corrected chi connectivity index (χ3v) is 3.74. The van der Waals surface area contributed by atoms with Gasteiger partial charge in [0.15, 0.2) is 0 Å². The predicted octanol–water partition coefficient (Wildman–Crippen LogP) is 2.66. The molecule has 2 atom stereocenters. The van der Waals surface area contributed by atoms with Crippen LogP contribution in [0.2, 0.25) is 0 Å². The van der Waals surface area contributed by atoms with Crippen molar-refractivity contribution in [2.24, 2.45) is 5.92 Å². The average Bonchev–Trinajstić information content (AvgIpc) is 2.78. The number of nitrogens with one attached hydrogen (secondary N) is 1. The minimum atomic E-state index is -1.10. The quantitative estimate of drug-likeness (QED) is 0.897. The summed E-state index contributed by atoms with van der Waals surface area (Å²) >= 11 is 0. The van der Waals surface area contributed by atoms with Gasteiger partial charge in [-0.3, -0.25) is 0 Å². The minimum Gasteiger partial charge on any atom is -0.497 e. The number of ether oxygens (including phenoxy) is 1. The summed E-state index contributed by atoms with van der Waals surface area (Å²) in [6, 6.07) is 4.46. The highest BCUT2D eigenvalue weighted by molar-refractivity contribution is 6.00. The van der Waals surface area contributed by atoms with Crippen LogP contribution in [0.3, 0.4) is 0 Å². The molecule has 2 unspecified atom stereocenters. The highest BCUT2D eigenvalue weighted by atomic mass is 16.5. The number of hydrogen-bond acceptors (Lipinski definition) is 3. The summed E-state index contributed by atoms with van der Waals surface area (Å²) in [5.74, 6) is -0.207. The van der Waals surface area contributed by atoms with Gasteiger partial charge in [0, 0.05) is 12.6 Å². The number of amides is 2. The van der Waals surface area contributed by atoms with Crippen LogP contribution < -0.4 is 10.1 Å². The van der Waals surface area contributed by atoms with Crippen molar-refractivity contribution in [2.45, 2.75) is 26.3 Å². The van der Waals surface area contributed by atoms with Crippen molar-refractivity contribution in [3.8, 4) is 5.75 Å². The zero-order chi connectivity index (χ0) is 15.6. The van der Waals surface area contributed by atoms with Gasteiger partial charge in [0.05, 0.1) is 18.4 Å². The van der Waals surface area contributed by atoms with Gasteiger partial charge in [-0.1, -0.05) is 6.92 Å². The lowest BCUT2D eigenvalue weighted by Crippen LogP contribution is -2.37. The molecule has 1 heterocycles. The number of carboxylic acids is 1. The van der Waals surface area contributed by atoms with Crippen molar-refractivity contribution in [1.29, 1.82) is 0 Å². The van der Waals surface area contributed by atoms with Crippen LogP contribution in [0.5, 0.6) is 5.75 Å². The Bertz CT molecular complexity index is 559. The van der Waals surface area contributed by atoms with Crippen LogP contribution in [-0.2, 0) is 0 Å². The van der Waals surface area contributed by atoms with E-state index in [2.05, 4.69) is 12.2 Å². The smallest absolute Gasteiger partial charge is 0.337 e. The normalized spacial score (nSPS) is 21.2. The Hall–Kier alpha value is -2.24. The lowest BCUT2D eigenvalue weighted by molar-refractivity contribution is 0.0697. The number of carboxylic acid groups (broad SMARTS) is 1. The van der Waals surface area contributed by atoms with E-state index in [-0.39, 0.29) is 23.3 Å². The van der Waals surface area contributed by atoms with Crippen LogP contribution >= 0.6 is 0 Å². The predicted molar refractivity (Wildman–Crippen MR) is 78.9 cm³/mol. The zero-order valence-electron chi connectivity index (χ0n) is 12.4. The number of rotatable bonds is 3. The van der Waals surface area contributed by atoms with Crippen molar-refractivity contribution >= 4 is 17.7 Å². The van der Waals surface area contributed by atoms with Crippen molar-refractivity contribution in [2.75, 3.05) is 19.0 Å². The van der Waals surface area contributed by atoms with Crippen molar-refractivity contribution in [3.63, 3.8) is 0 Å². The molecule has 0 saturated carbocycles. The van der Waals surface area contributed by atoms with Gasteiger partial charge in [-0.25, -0.2) is 9.59 Å². The molecule has 1 saturated heterocycles. The van der Waals surface area contributed by atoms with Gasteiger partial charge in [0.25, 0.3) is 0 Å². The van der Waals surface area contributed by atoms with Crippen LogP contribution in [0.4, 0.5) is 10.5 Å². The standard InChI is InChI=1S/C15H20N2O4/c1-9-6-10(2)17(8-9)15(20)16-13-5-4-11(21-3)7-12(13)14(18)19/h4-5,7,9-10H,6,8H2,1-3H3,(H,16,20)(H,18,19). The second-order valence-electron chi connectivity index (χ2n) is 5.49. The van der Waals surface area contributed by atoms with E-state index < -0.39 is 5.97 Å². The number of hydrogen-bond donors (Lipinski definition) is 2. The number of carbonyl (C=O) groups is 2. The first-order valence-electron chi connectivity index (χ1n) is 6.91. The van der Waals surface area contributed by atoms with Crippen LogP contribution in [0.25, 0.3) is 0 Å². The maximum absolute atomic E-state index is 12.3. The molecule has 6 nitrogen and oxygen atoms in total. The first-order valence-corrected chi connectivity index (χ1v) is 6.91. The minimum absolute atomic E-state index is 0.0163. The van der Waals surface area contributed by atoms with Crippen LogP contribution in [0.1, 0.15) is 30.6 Å². The van der Waals surface area contributed by atoms with Crippen LogP contribution in [0.15, 0.2) is 18.2 Å². The van der Waals surface area contributed by atoms with Gasteiger partial charge in [-0.15, -0.1) is 0 Å². The molecule has 114 valence electrons. The highest BCUT2D eigenvalue weighted by Gasteiger charge is 2.30. The number of urea groups is 1.